The number of aldehydes is 1. The van der Waals surface area contributed by atoms with Crippen LogP contribution in [0.3, 0.4) is 0 Å². The van der Waals surface area contributed by atoms with Gasteiger partial charge in [0.15, 0.2) is 17.9 Å². The normalized spacial score (nSPS) is 8.62. The van der Waals surface area contributed by atoms with E-state index in [0.717, 1.165) is 12.1 Å². The number of hydrogen-bond acceptors (Lipinski definition) is 3. The Labute approximate surface area is 73.8 Å². The Hall–Kier alpha value is -1.49. The van der Waals surface area contributed by atoms with E-state index in [1.165, 1.54) is 7.05 Å². The number of rotatable bonds is 1. The molecule has 0 atom stereocenters. The summed E-state index contributed by atoms with van der Waals surface area (Å²) in [4.78, 5) is 10.0. The molecule has 0 amide bonds. The van der Waals surface area contributed by atoms with Crippen molar-refractivity contribution < 1.29 is 18.7 Å². The number of aromatic hydroxyl groups is 1. The topological polar surface area (TPSA) is 63.3 Å². The Morgan fingerprint density at radius 1 is 1.38 bits per heavy atom. The van der Waals surface area contributed by atoms with Gasteiger partial charge in [-0.25, -0.2) is 8.78 Å². The van der Waals surface area contributed by atoms with Crippen LogP contribution in [0.5, 0.6) is 5.75 Å². The first-order valence-electron chi connectivity index (χ1n) is 3.36. The summed E-state index contributed by atoms with van der Waals surface area (Å²) in [7, 11) is 1.50. The summed E-state index contributed by atoms with van der Waals surface area (Å²) in [6.07, 6.45) is 0.0182. The van der Waals surface area contributed by atoms with Crippen LogP contribution in [0, 0.1) is 11.6 Å². The van der Waals surface area contributed by atoms with Gasteiger partial charge in [0, 0.05) is 0 Å². The van der Waals surface area contributed by atoms with Gasteiger partial charge in [-0.05, 0) is 19.2 Å². The molecule has 0 bridgehead atoms. The number of hydrogen-bond donors (Lipinski definition) is 2. The van der Waals surface area contributed by atoms with Crippen molar-refractivity contribution in [2.45, 2.75) is 0 Å². The number of phenols is 1. The van der Waals surface area contributed by atoms with Crippen LogP contribution in [0.1, 0.15) is 10.4 Å². The zero-order valence-corrected chi connectivity index (χ0v) is 6.92. The van der Waals surface area contributed by atoms with Crippen LogP contribution < -0.4 is 5.73 Å². The maximum atomic E-state index is 12.5. The fourth-order valence-electron chi connectivity index (χ4n) is 0.666. The van der Waals surface area contributed by atoms with Crippen molar-refractivity contribution in [1.82, 2.24) is 0 Å². The Morgan fingerprint density at radius 2 is 1.92 bits per heavy atom. The lowest BCUT2D eigenvalue weighted by Gasteiger charge is -1.97. The highest BCUT2D eigenvalue weighted by Crippen LogP contribution is 2.19. The molecule has 1 aromatic carbocycles. The Kier molecular flexibility index (Phi) is 4.61. The molecule has 72 valence electrons. The predicted molar refractivity (Wildman–Crippen MR) is 43.5 cm³/mol. The first-order valence-corrected chi connectivity index (χ1v) is 3.36. The SMILES string of the molecule is CN.O=Cc1c(F)ccc(O)c1F. The molecule has 0 heterocycles. The van der Waals surface area contributed by atoms with E-state index in [-0.39, 0.29) is 6.29 Å². The van der Waals surface area contributed by atoms with Gasteiger partial charge in [-0.2, -0.15) is 0 Å². The van der Waals surface area contributed by atoms with Gasteiger partial charge < -0.3 is 10.8 Å². The number of phenolic OH excluding ortho intramolecular Hbond substituents is 1. The molecule has 5 heteroatoms. The molecule has 13 heavy (non-hydrogen) atoms. The van der Waals surface area contributed by atoms with E-state index in [2.05, 4.69) is 5.73 Å². The average Bonchev–Trinajstić information content (AvgIpc) is 2.16. The standard InChI is InChI=1S/C7H4F2O2.CH5N/c8-5-1-2-6(11)7(9)4(5)3-10;1-2/h1-3,11H;2H2,1H3. The first kappa shape index (κ1) is 11.5. The number of halogens is 2. The van der Waals surface area contributed by atoms with E-state index >= 15 is 0 Å². The summed E-state index contributed by atoms with van der Waals surface area (Å²) in [6, 6.07) is 1.67. The molecule has 1 rings (SSSR count). The molecule has 0 aliphatic heterocycles. The molecule has 0 spiro atoms. The predicted octanol–water partition coefficient (Wildman–Crippen LogP) is 1.06. The molecule has 0 aromatic heterocycles. The molecule has 0 fully saturated rings. The molecular formula is C8H9F2NO2. The molecular weight excluding hydrogens is 180 g/mol. The van der Waals surface area contributed by atoms with Gasteiger partial charge in [0.1, 0.15) is 5.82 Å². The second kappa shape index (κ2) is 5.21. The Balaban J connectivity index is 0.000000671. The van der Waals surface area contributed by atoms with Crippen LogP contribution >= 0.6 is 0 Å². The second-order valence-corrected chi connectivity index (χ2v) is 1.91. The third-order valence-corrected chi connectivity index (χ3v) is 1.22. The van der Waals surface area contributed by atoms with Gasteiger partial charge >= 0.3 is 0 Å². The maximum Gasteiger partial charge on any atom is 0.178 e. The minimum absolute atomic E-state index is 0.0182. The number of carbonyl (C=O) groups excluding carboxylic acids is 1. The van der Waals surface area contributed by atoms with Crippen LogP contribution in [-0.2, 0) is 0 Å². The fraction of sp³-hybridized carbons (Fsp3) is 0.125. The van der Waals surface area contributed by atoms with Crippen molar-refractivity contribution in [2.75, 3.05) is 7.05 Å². The molecule has 0 aliphatic carbocycles. The van der Waals surface area contributed by atoms with E-state index < -0.39 is 22.9 Å². The summed E-state index contributed by atoms with van der Waals surface area (Å²) in [5, 5.41) is 8.66. The zero-order valence-electron chi connectivity index (χ0n) is 6.92. The number of carbonyl (C=O) groups is 1. The molecule has 3 nitrogen and oxygen atoms in total. The Bertz CT molecular complexity index is 302. The van der Waals surface area contributed by atoms with Crippen LogP contribution in [0.25, 0.3) is 0 Å². The van der Waals surface area contributed by atoms with Crippen molar-refractivity contribution in [2.24, 2.45) is 5.73 Å². The van der Waals surface area contributed by atoms with Crippen molar-refractivity contribution in [3.05, 3.63) is 29.3 Å². The first-order chi connectivity index (χ1) is 6.16. The molecule has 0 radical (unpaired) electrons. The maximum absolute atomic E-state index is 12.5. The van der Waals surface area contributed by atoms with Crippen LogP contribution in [0.2, 0.25) is 0 Å². The van der Waals surface area contributed by atoms with Gasteiger partial charge in [0.25, 0.3) is 0 Å². The highest BCUT2D eigenvalue weighted by molar-refractivity contribution is 5.76. The average molecular weight is 189 g/mol. The van der Waals surface area contributed by atoms with Crippen LogP contribution in [0.4, 0.5) is 8.78 Å². The lowest BCUT2D eigenvalue weighted by molar-refractivity contribution is 0.111. The van der Waals surface area contributed by atoms with E-state index in [9.17, 15) is 13.6 Å². The molecule has 3 N–H and O–H groups in total. The minimum Gasteiger partial charge on any atom is -0.505 e. The van der Waals surface area contributed by atoms with Crippen LogP contribution in [0.15, 0.2) is 12.1 Å². The highest BCUT2D eigenvalue weighted by atomic mass is 19.1. The fourth-order valence-corrected chi connectivity index (χ4v) is 0.666. The second-order valence-electron chi connectivity index (χ2n) is 1.91. The largest absolute Gasteiger partial charge is 0.505 e. The van der Waals surface area contributed by atoms with Gasteiger partial charge in [-0.3, -0.25) is 4.79 Å². The zero-order chi connectivity index (χ0) is 10.4. The molecule has 0 saturated heterocycles. The van der Waals surface area contributed by atoms with Gasteiger partial charge in [-0.1, -0.05) is 0 Å². The van der Waals surface area contributed by atoms with E-state index in [0.29, 0.717) is 0 Å². The van der Waals surface area contributed by atoms with E-state index in [1.807, 2.05) is 0 Å². The number of nitrogens with two attached hydrogens (primary N) is 1. The quantitative estimate of drug-likeness (QED) is 0.649. The summed E-state index contributed by atoms with van der Waals surface area (Å²) in [5.41, 5.74) is 3.75. The van der Waals surface area contributed by atoms with Gasteiger partial charge in [0.2, 0.25) is 0 Å². The Morgan fingerprint density at radius 3 is 2.31 bits per heavy atom. The van der Waals surface area contributed by atoms with Gasteiger partial charge in [-0.15, -0.1) is 0 Å². The van der Waals surface area contributed by atoms with Crippen molar-refractivity contribution in [3.8, 4) is 5.75 Å². The van der Waals surface area contributed by atoms with Gasteiger partial charge in [0.05, 0.1) is 5.56 Å². The van der Waals surface area contributed by atoms with E-state index in [4.69, 9.17) is 5.11 Å². The lowest BCUT2D eigenvalue weighted by atomic mass is 10.2. The monoisotopic (exact) mass is 189 g/mol. The van der Waals surface area contributed by atoms with Crippen molar-refractivity contribution in [3.63, 3.8) is 0 Å². The van der Waals surface area contributed by atoms with E-state index in [1.54, 1.807) is 0 Å². The summed E-state index contributed by atoms with van der Waals surface area (Å²) >= 11 is 0. The highest BCUT2D eigenvalue weighted by Gasteiger charge is 2.11. The van der Waals surface area contributed by atoms with Crippen molar-refractivity contribution in [1.29, 1.82) is 0 Å². The molecule has 0 saturated carbocycles. The molecule has 0 aliphatic rings. The van der Waals surface area contributed by atoms with Crippen LogP contribution in [-0.4, -0.2) is 18.4 Å². The summed E-state index contributed by atoms with van der Waals surface area (Å²) in [5.74, 6) is -2.93. The van der Waals surface area contributed by atoms with Crippen molar-refractivity contribution >= 4 is 6.29 Å². The molecule has 1 aromatic rings. The summed E-state index contributed by atoms with van der Waals surface area (Å²) < 4.78 is 25.0. The summed E-state index contributed by atoms with van der Waals surface area (Å²) in [6.45, 7) is 0. The third-order valence-electron chi connectivity index (χ3n) is 1.22. The lowest BCUT2D eigenvalue weighted by Crippen LogP contribution is -1.92. The smallest absolute Gasteiger partial charge is 0.178 e. The number of benzene rings is 1. The third kappa shape index (κ3) is 2.48. The minimum atomic E-state index is -1.22. The molecule has 0 unspecified atom stereocenters.